The minimum Gasteiger partial charge on any atom is -0.326 e. The van der Waals surface area contributed by atoms with Gasteiger partial charge >= 0.3 is 0 Å². The summed E-state index contributed by atoms with van der Waals surface area (Å²) >= 11 is 7.15. The van der Waals surface area contributed by atoms with E-state index in [0.717, 1.165) is 0 Å². The summed E-state index contributed by atoms with van der Waals surface area (Å²) in [4.78, 5) is 24.2. The van der Waals surface area contributed by atoms with Crippen LogP contribution in [0.1, 0.15) is 12.2 Å². The van der Waals surface area contributed by atoms with Gasteiger partial charge in [0.1, 0.15) is 11.6 Å². The van der Waals surface area contributed by atoms with Crippen molar-refractivity contribution in [3.63, 3.8) is 0 Å². The van der Waals surface area contributed by atoms with Gasteiger partial charge in [-0.1, -0.05) is 29.4 Å². The van der Waals surface area contributed by atoms with Gasteiger partial charge in [-0.2, -0.15) is 0 Å². The lowest BCUT2D eigenvalue weighted by Gasteiger charge is -2.06. The topological polar surface area (TPSA) is 88.9 Å². The Morgan fingerprint density at radius 2 is 1.80 bits per heavy atom. The second-order valence-corrected chi connectivity index (χ2v) is 7.74. The molecule has 1 heterocycles. The molecule has 30 heavy (non-hydrogen) atoms. The summed E-state index contributed by atoms with van der Waals surface area (Å²) < 4.78 is 14.7. The molecule has 10 heteroatoms. The molecule has 2 N–H and O–H groups in total. The molecule has 0 saturated carbocycles. The molecule has 3 aromatic rings. The zero-order chi connectivity index (χ0) is 21.5. The number of amides is 2. The molecule has 0 aliphatic rings. The SMILES string of the molecule is Cn1c(CCC(=O)Nc2ccc(F)cc2)nnc1SCC(=O)Nc1cccc(Cl)c1. The first-order valence-electron chi connectivity index (χ1n) is 9.02. The zero-order valence-electron chi connectivity index (χ0n) is 16.1. The Morgan fingerprint density at radius 3 is 2.53 bits per heavy atom. The van der Waals surface area contributed by atoms with Gasteiger partial charge in [0.25, 0.3) is 0 Å². The third-order valence-electron chi connectivity index (χ3n) is 4.07. The number of carbonyl (C=O) groups excluding carboxylic acids is 2. The number of anilines is 2. The van der Waals surface area contributed by atoms with E-state index in [4.69, 9.17) is 11.6 Å². The van der Waals surface area contributed by atoms with Crippen molar-refractivity contribution in [3.05, 3.63) is 65.2 Å². The number of nitrogens with one attached hydrogen (secondary N) is 2. The van der Waals surface area contributed by atoms with E-state index in [0.29, 0.717) is 33.8 Å². The second kappa shape index (κ2) is 10.2. The van der Waals surface area contributed by atoms with Gasteiger partial charge in [-0.15, -0.1) is 10.2 Å². The fraction of sp³-hybridized carbons (Fsp3) is 0.200. The van der Waals surface area contributed by atoms with Gasteiger partial charge < -0.3 is 15.2 Å². The summed E-state index contributed by atoms with van der Waals surface area (Å²) in [5, 5.41) is 14.8. The van der Waals surface area contributed by atoms with E-state index >= 15 is 0 Å². The van der Waals surface area contributed by atoms with Crippen molar-refractivity contribution < 1.29 is 14.0 Å². The second-order valence-electron chi connectivity index (χ2n) is 6.36. The normalized spacial score (nSPS) is 10.6. The molecule has 1 aromatic heterocycles. The molecule has 2 amide bonds. The van der Waals surface area contributed by atoms with Crippen LogP contribution in [-0.4, -0.2) is 32.3 Å². The number of nitrogens with zero attached hydrogens (tertiary/aromatic N) is 3. The Bertz CT molecular complexity index is 1040. The first-order chi connectivity index (χ1) is 14.4. The third-order valence-corrected chi connectivity index (χ3v) is 5.32. The van der Waals surface area contributed by atoms with E-state index in [-0.39, 0.29) is 29.8 Å². The highest BCUT2D eigenvalue weighted by Gasteiger charge is 2.13. The summed E-state index contributed by atoms with van der Waals surface area (Å²) in [7, 11) is 1.78. The molecular weight excluding hydrogens is 429 g/mol. The molecule has 0 atom stereocenters. The summed E-state index contributed by atoms with van der Waals surface area (Å²) in [6, 6.07) is 12.5. The molecule has 156 valence electrons. The number of aryl methyl sites for hydroxylation is 1. The highest BCUT2D eigenvalue weighted by atomic mass is 35.5. The van der Waals surface area contributed by atoms with E-state index in [9.17, 15) is 14.0 Å². The number of rotatable bonds is 8. The Kier molecular flexibility index (Phi) is 7.42. The van der Waals surface area contributed by atoms with Crippen LogP contribution in [0.15, 0.2) is 53.7 Å². The smallest absolute Gasteiger partial charge is 0.234 e. The molecule has 3 rings (SSSR count). The van der Waals surface area contributed by atoms with Gasteiger partial charge in [-0.25, -0.2) is 4.39 Å². The van der Waals surface area contributed by atoms with Gasteiger partial charge in [0.05, 0.1) is 5.75 Å². The molecule has 0 aliphatic heterocycles. The number of carbonyl (C=O) groups is 2. The van der Waals surface area contributed by atoms with E-state index in [2.05, 4.69) is 20.8 Å². The maximum atomic E-state index is 12.9. The molecule has 0 fully saturated rings. The van der Waals surface area contributed by atoms with Crippen LogP contribution in [0.5, 0.6) is 0 Å². The van der Waals surface area contributed by atoms with Crippen LogP contribution in [0.25, 0.3) is 0 Å². The average Bonchev–Trinajstić information content (AvgIpc) is 3.06. The molecule has 0 spiro atoms. The number of benzene rings is 2. The van der Waals surface area contributed by atoms with Gasteiger partial charge in [-0.3, -0.25) is 9.59 Å². The Labute approximate surface area is 182 Å². The molecule has 0 saturated heterocycles. The Balaban J connectivity index is 1.47. The lowest BCUT2D eigenvalue weighted by Crippen LogP contribution is -2.15. The number of halogens is 2. The van der Waals surface area contributed by atoms with Crippen LogP contribution in [0, 0.1) is 5.82 Å². The maximum absolute atomic E-state index is 12.9. The van der Waals surface area contributed by atoms with E-state index < -0.39 is 0 Å². The van der Waals surface area contributed by atoms with E-state index in [1.807, 2.05) is 0 Å². The highest BCUT2D eigenvalue weighted by Crippen LogP contribution is 2.19. The highest BCUT2D eigenvalue weighted by molar-refractivity contribution is 7.99. The molecule has 0 bridgehead atoms. The van der Waals surface area contributed by atoms with Crippen LogP contribution in [-0.2, 0) is 23.1 Å². The first kappa shape index (κ1) is 21.8. The summed E-state index contributed by atoms with van der Waals surface area (Å²) in [5.74, 6) is 0.0226. The largest absolute Gasteiger partial charge is 0.326 e. The van der Waals surface area contributed by atoms with Gasteiger partial charge in [-0.05, 0) is 42.5 Å². The fourth-order valence-corrected chi connectivity index (χ4v) is 3.48. The minimum atomic E-state index is -0.363. The van der Waals surface area contributed by atoms with Crippen molar-refractivity contribution in [2.45, 2.75) is 18.0 Å². The summed E-state index contributed by atoms with van der Waals surface area (Å²) in [6.07, 6.45) is 0.578. The van der Waals surface area contributed by atoms with Crippen molar-refractivity contribution >= 4 is 46.6 Å². The maximum Gasteiger partial charge on any atom is 0.234 e. The van der Waals surface area contributed by atoms with Crippen molar-refractivity contribution in [2.24, 2.45) is 7.05 Å². The van der Waals surface area contributed by atoms with Crippen molar-refractivity contribution in [3.8, 4) is 0 Å². The lowest BCUT2D eigenvalue weighted by atomic mass is 10.2. The standard InChI is InChI=1S/C20H19ClFN5O2S/c1-27-17(9-10-18(28)23-15-7-5-14(22)6-8-15)25-26-20(27)30-12-19(29)24-16-4-2-3-13(21)11-16/h2-8,11H,9-10,12H2,1H3,(H,23,28)(H,24,29). The Hall–Kier alpha value is -2.91. The number of thioether (sulfide) groups is 1. The molecular formula is C20H19ClFN5O2S. The molecule has 2 aromatic carbocycles. The van der Waals surface area contributed by atoms with Crippen LogP contribution in [0.2, 0.25) is 5.02 Å². The molecule has 0 aliphatic carbocycles. The number of hydrogen-bond acceptors (Lipinski definition) is 5. The van der Waals surface area contributed by atoms with Crippen molar-refractivity contribution in [1.29, 1.82) is 0 Å². The van der Waals surface area contributed by atoms with Crippen LogP contribution >= 0.6 is 23.4 Å². The molecule has 7 nitrogen and oxygen atoms in total. The fourth-order valence-electron chi connectivity index (χ4n) is 2.56. The van der Waals surface area contributed by atoms with Gasteiger partial charge in [0, 0.05) is 36.3 Å². The first-order valence-corrected chi connectivity index (χ1v) is 10.4. The lowest BCUT2D eigenvalue weighted by molar-refractivity contribution is -0.116. The third kappa shape index (κ3) is 6.30. The predicted molar refractivity (Wildman–Crippen MR) is 115 cm³/mol. The number of hydrogen-bond donors (Lipinski definition) is 2. The predicted octanol–water partition coefficient (Wildman–Crippen LogP) is 3.91. The van der Waals surface area contributed by atoms with Crippen LogP contribution < -0.4 is 10.6 Å². The zero-order valence-corrected chi connectivity index (χ0v) is 17.6. The number of aromatic nitrogens is 3. The average molecular weight is 448 g/mol. The van der Waals surface area contributed by atoms with Crippen LogP contribution in [0.3, 0.4) is 0 Å². The monoisotopic (exact) mass is 447 g/mol. The van der Waals surface area contributed by atoms with Crippen molar-refractivity contribution in [2.75, 3.05) is 16.4 Å². The van der Waals surface area contributed by atoms with Gasteiger partial charge in [0.15, 0.2) is 5.16 Å². The summed E-state index contributed by atoms with van der Waals surface area (Å²) in [6.45, 7) is 0. The quantitative estimate of drug-likeness (QED) is 0.511. The molecule has 0 unspecified atom stereocenters. The van der Waals surface area contributed by atoms with Gasteiger partial charge in [0.2, 0.25) is 11.8 Å². The Morgan fingerprint density at radius 1 is 1.07 bits per heavy atom. The minimum absolute atomic E-state index is 0.156. The van der Waals surface area contributed by atoms with E-state index in [1.165, 1.54) is 36.0 Å². The van der Waals surface area contributed by atoms with Crippen molar-refractivity contribution in [1.82, 2.24) is 14.8 Å². The summed E-state index contributed by atoms with van der Waals surface area (Å²) in [5.41, 5.74) is 1.15. The van der Waals surface area contributed by atoms with Crippen LogP contribution in [0.4, 0.5) is 15.8 Å². The van der Waals surface area contributed by atoms with E-state index in [1.54, 1.807) is 35.9 Å². The molecule has 0 radical (unpaired) electrons.